The molecule has 142 valence electrons. The Kier molecular flexibility index (Phi) is 8.17. The van der Waals surface area contributed by atoms with Crippen LogP contribution in [-0.4, -0.2) is 33.5 Å². The van der Waals surface area contributed by atoms with E-state index in [4.69, 9.17) is 5.11 Å². The Labute approximate surface area is 151 Å². The molecule has 2 rings (SSSR count). The highest BCUT2D eigenvalue weighted by Gasteiger charge is 2.44. The number of hydrogen-bond acceptors (Lipinski definition) is 3. The number of aliphatic hydroxyl groups is 2. The molecule has 0 aromatic carbocycles. The Balaban J connectivity index is 1.83. The van der Waals surface area contributed by atoms with E-state index in [-0.39, 0.29) is 18.4 Å². The summed E-state index contributed by atoms with van der Waals surface area (Å²) in [6.45, 7) is 2.16. The van der Waals surface area contributed by atoms with E-state index in [1.165, 1.54) is 5.57 Å². The van der Waals surface area contributed by atoms with Crippen molar-refractivity contribution in [3.63, 3.8) is 0 Å². The van der Waals surface area contributed by atoms with Gasteiger partial charge in [-0.05, 0) is 50.4 Å². The van der Waals surface area contributed by atoms with Gasteiger partial charge in [0.05, 0.1) is 12.2 Å². The number of fused-ring (bicyclic) bond motifs is 1. The van der Waals surface area contributed by atoms with Crippen LogP contribution in [0.4, 0.5) is 0 Å². The number of unbranched alkanes of at least 4 members (excludes halogenated alkanes) is 3. The van der Waals surface area contributed by atoms with Gasteiger partial charge in [0, 0.05) is 12.3 Å². The average Bonchev–Trinajstić information content (AvgIpc) is 3.06. The predicted molar refractivity (Wildman–Crippen MR) is 99.2 cm³/mol. The largest absolute Gasteiger partial charge is 0.481 e. The van der Waals surface area contributed by atoms with E-state index in [1.54, 1.807) is 0 Å². The van der Waals surface area contributed by atoms with E-state index in [0.717, 1.165) is 51.4 Å². The molecule has 3 N–H and O–H groups in total. The van der Waals surface area contributed by atoms with Crippen LogP contribution in [0.3, 0.4) is 0 Å². The molecule has 2 saturated carbocycles. The number of carboxylic acids is 1. The smallest absolute Gasteiger partial charge is 0.303 e. The summed E-state index contributed by atoms with van der Waals surface area (Å²) < 4.78 is 0. The highest BCUT2D eigenvalue weighted by Crippen LogP contribution is 2.50. The summed E-state index contributed by atoms with van der Waals surface area (Å²) in [7, 11) is 0. The van der Waals surface area contributed by atoms with Crippen molar-refractivity contribution in [1.82, 2.24) is 0 Å². The lowest BCUT2D eigenvalue weighted by atomic mass is 9.90. The summed E-state index contributed by atoms with van der Waals surface area (Å²) >= 11 is 0. The standard InChI is InChI=1S/C21H34O4/c1-2-3-4-8-17(22)10-11-18-19-13-15(7-5-6-9-21(24)25)12-16(19)14-20(18)23/h7,10-11,16-20,22-23H,2-6,8-9,12-14H2,1H3,(H,24,25)/b11-10+,15-7+/t16-,17-,18+,19-,20?/m0/s1. The molecule has 0 aromatic heterocycles. The van der Waals surface area contributed by atoms with Crippen molar-refractivity contribution in [2.24, 2.45) is 17.8 Å². The van der Waals surface area contributed by atoms with Gasteiger partial charge in [-0.1, -0.05) is 50.0 Å². The maximum Gasteiger partial charge on any atom is 0.303 e. The van der Waals surface area contributed by atoms with Gasteiger partial charge >= 0.3 is 5.97 Å². The van der Waals surface area contributed by atoms with Crippen molar-refractivity contribution in [3.05, 3.63) is 23.8 Å². The Morgan fingerprint density at radius 2 is 2.08 bits per heavy atom. The molecule has 0 bridgehead atoms. The predicted octanol–water partition coefficient (Wildman–Crippen LogP) is 4.07. The van der Waals surface area contributed by atoms with E-state index in [2.05, 4.69) is 19.1 Å². The number of rotatable bonds is 10. The van der Waals surface area contributed by atoms with Gasteiger partial charge in [0.1, 0.15) is 0 Å². The van der Waals surface area contributed by atoms with Crippen LogP contribution in [0.1, 0.15) is 71.1 Å². The van der Waals surface area contributed by atoms with Crippen molar-refractivity contribution in [1.29, 1.82) is 0 Å². The minimum atomic E-state index is -0.729. The third-order valence-corrected chi connectivity index (χ3v) is 5.80. The number of aliphatic hydroxyl groups excluding tert-OH is 2. The van der Waals surface area contributed by atoms with Crippen LogP contribution in [0.2, 0.25) is 0 Å². The van der Waals surface area contributed by atoms with Crippen molar-refractivity contribution in [2.45, 2.75) is 83.3 Å². The molecule has 0 spiro atoms. The first-order chi connectivity index (χ1) is 12.0. The minimum absolute atomic E-state index is 0.149. The topological polar surface area (TPSA) is 77.8 Å². The molecule has 0 heterocycles. The normalized spacial score (nSPS) is 31.7. The summed E-state index contributed by atoms with van der Waals surface area (Å²) in [5.74, 6) is 0.427. The first kappa shape index (κ1) is 20.2. The molecule has 0 saturated heterocycles. The second-order valence-electron chi connectivity index (χ2n) is 7.81. The zero-order chi connectivity index (χ0) is 18.2. The Bertz CT molecular complexity index is 482. The zero-order valence-corrected chi connectivity index (χ0v) is 15.4. The highest BCUT2D eigenvalue weighted by atomic mass is 16.4. The summed E-state index contributed by atoms with van der Waals surface area (Å²) in [4.78, 5) is 10.6. The van der Waals surface area contributed by atoms with Crippen molar-refractivity contribution < 1.29 is 20.1 Å². The van der Waals surface area contributed by atoms with E-state index in [9.17, 15) is 15.0 Å². The maximum absolute atomic E-state index is 10.6. The first-order valence-corrected chi connectivity index (χ1v) is 9.95. The van der Waals surface area contributed by atoms with Crippen LogP contribution in [0.25, 0.3) is 0 Å². The Hall–Kier alpha value is -1.13. The number of allylic oxidation sites excluding steroid dienone is 2. The second kappa shape index (κ2) is 10.1. The number of hydrogen-bond donors (Lipinski definition) is 3. The fourth-order valence-corrected chi connectivity index (χ4v) is 4.46. The van der Waals surface area contributed by atoms with Crippen LogP contribution < -0.4 is 0 Å². The lowest BCUT2D eigenvalue weighted by Crippen LogP contribution is -2.17. The lowest BCUT2D eigenvalue weighted by molar-refractivity contribution is -0.137. The molecule has 0 aromatic rings. The lowest BCUT2D eigenvalue weighted by Gasteiger charge is -2.17. The third-order valence-electron chi connectivity index (χ3n) is 5.80. The minimum Gasteiger partial charge on any atom is -0.481 e. The van der Waals surface area contributed by atoms with Gasteiger partial charge in [-0.3, -0.25) is 4.79 Å². The van der Waals surface area contributed by atoms with Crippen molar-refractivity contribution in [3.8, 4) is 0 Å². The molecular formula is C21H34O4. The quantitative estimate of drug-likeness (QED) is 0.410. The van der Waals surface area contributed by atoms with Crippen molar-refractivity contribution >= 4 is 5.97 Å². The highest BCUT2D eigenvalue weighted by molar-refractivity contribution is 5.66. The molecule has 0 amide bonds. The molecule has 2 fully saturated rings. The zero-order valence-electron chi connectivity index (χ0n) is 15.4. The van der Waals surface area contributed by atoms with E-state index < -0.39 is 12.1 Å². The summed E-state index contributed by atoms with van der Waals surface area (Å²) in [6, 6.07) is 0. The van der Waals surface area contributed by atoms with Gasteiger partial charge in [0.25, 0.3) is 0 Å². The number of carboxylic acid groups (broad SMARTS) is 1. The van der Waals surface area contributed by atoms with Crippen LogP contribution in [0.15, 0.2) is 23.8 Å². The van der Waals surface area contributed by atoms with Crippen LogP contribution >= 0.6 is 0 Å². The van der Waals surface area contributed by atoms with E-state index >= 15 is 0 Å². The molecule has 5 atom stereocenters. The monoisotopic (exact) mass is 350 g/mol. The Morgan fingerprint density at radius 3 is 2.80 bits per heavy atom. The summed E-state index contributed by atoms with van der Waals surface area (Å²) in [6.07, 6.45) is 14.3. The van der Waals surface area contributed by atoms with Gasteiger partial charge in [0.2, 0.25) is 0 Å². The molecule has 2 aliphatic rings. The van der Waals surface area contributed by atoms with Gasteiger partial charge < -0.3 is 15.3 Å². The number of carbonyl (C=O) groups is 1. The van der Waals surface area contributed by atoms with Crippen LogP contribution in [-0.2, 0) is 4.79 Å². The molecule has 1 unspecified atom stereocenters. The van der Waals surface area contributed by atoms with E-state index in [1.807, 2.05) is 6.08 Å². The van der Waals surface area contributed by atoms with Crippen LogP contribution in [0, 0.1) is 17.8 Å². The SMILES string of the molecule is CCCCC[C@H](O)/C=C/[C@H]1C(O)C[C@@H]2C/C(=C\CCCC(=O)O)C[C@@H]21. The molecule has 25 heavy (non-hydrogen) atoms. The summed E-state index contributed by atoms with van der Waals surface area (Å²) in [5, 5.41) is 29.1. The second-order valence-corrected chi connectivity index (χ2v) is 7.81. The van der Waals surface area contributed by atoms with E-state index in [0.29, 0.717) is 18.3 Å². The Morgan fingerprint density at radius 1 is 1.28 bits per heavy atom. The first-order valence-electron chi connectivity index (χ1n) is 9.95. The third kappa shape index (κ3) is 6.27. The van der Waals surface area contributed by atoms with Gasteiger partial charge in [0.15, 0.2) is 0 Å². The number of aliphatic carboxylic acids is 1. The molecule has 0 aliphatic heterocycles. The van der Waals surface area contributed by atoms with Crippen LogP contribution in [0.5, 0.6) is 0 Å². The fourth-order valence-electron chi connectivity index (χ4n) is 4.46. The maximum atomic E-state index is 10.6. The molecule has 2 aliphatic carbocycles. The fraction of sp³-hybridized carbons (Fsp3) is 0.762. The molecule has 4 heteroatoms. The molecular weight excluding hydrogens is 316 g/mol. The molecule has 0 radical (unpaired) electrons. The summed E-state index contributed by atoms with van der Waals surface area (Å²) in [5.41, 5.74) is 1.43. The average molecular weight is 350 g/mol. The van der Waals surface area contributed by atoms with Gasteiger partial charge in [-0.2, -0.15) is 0 Å². The van der Waals surface area contributed by atoms with Gasteiger partial charge in [-0.15, -0.1) is 0 Å². The van der Waals surface area contributed by atoms with Crippen molar-refractivity contribution in [2.75, 3.05) is 0 Å². The molecule has 4 nitrogen and oxygen atoms in total. The van der Waals surface area contributed by atoms with Gasteiger partial charge in [-0.25, -0.2) is 0 Å².